The molecule has 9 nitrogen and oxygen atoms in total. The third kappa shape index (κ3) is 6.54. The highest BCUT2D eigenvalue weighted by molar-refractivity contribution is 6.05. The molecule has 2 aromatic carbocycles. The third-order valence-corrected chi connectivity index (χ3v) is 6.79. The molecule has 1 saturated heterocycles. The van der Waals surface area contributed by atoms with Crippen LogP contribution in [0, 0.1) is 0 Å². The lowest BCUT2D eigenvalue weighted by molar-refractivity contribution is -0.138. The Labute approximate surface area is 211 Å². The van der Waals surface area contributed by atoms with Gasteiger partial charge in [-0.1, -0.05) is 18.2 Å². The van der Waals surface area contributed by atoms with Crippen molar-refractivity contribution in [1.82, 2.24) is 5.32 Å². The number of anilines is 1. The van der Waals surface area contributed by atoms with Gasteiger partial charge in [0.25, 0.3) is 5.91 Å². The van der Waals surface area contributed by atoms with Crippen LogP contribution in [0.15, 0.2) is 47.5 Å². The van der Waals surface area contributed by atoms with Crippen molar-refractivity contribution >= 4 is 23.5 Å². The predicted octanol–water partition coefficient (Wildman–Crippen LogP) is 2.81. The van der Waals surface area contributed by atoms with Crippen molar-refractivity contribution in [2.45, 2.75) is 63.6 Å². The largest absolute Gasteiger partial charge is 0.490 e. The van der Waals surface area contributed by atoms with Gasteiger partial charge < -0.3 is 26.2 Å². The molecule has 6 N–H and O–H groups in total. The van der Waals surface area contributed by atoms with Gasteiger partial charge >= 0.3 is 5.97 Å². The number of hydrogen-bond donors (Lipinski definition) is 4. The fourth-order valence-electron chi connectivity index (χ4n) is 4.45. The number of carbonyl (C=O) groups excluding carboxylic acids is 1. The lowest BCUT2D eigenvalue weighted by atomic mass is 9.96. The first-order chi connectivity index (χ1) is 17.4. The SMILES string of the molecule is NC(=NCc1c(OC2CCC2)cccc1N1CCCCC1)NC(=O)c1ccc(C[C@H](N)C(=O)O)cc1. The molecule has 4 rings (SSSR count). The normalized spacial score (nSPS) is 17.2. The van der Waals surface area contributed by atoms with Crippen LogP contribution in [0.5, 0.6) is 5.75 Å². The Morgan fingerprint density at radius 2 is 1.81 bits per heavy atom. The molecule has 2 aromatic rings. The molecular weight excluding hydrogens is 458 g/mol. The van der Waals surface area contributed by atoms with Gasteiger partial charge in [-0.05, 0) is 74.8 Å². The molecule has 1 saturated carbocycles. The van der Waals surface area contributed by atoms with Crippen molar-refractivity contribution in [2.75, 3.05) is 18.0 Å². The highest BCUT2D eigenvalue weighted by Gasteiger charge is 2.23. The topological polar surface area (TPSA) is 143 Å². The van der Waals surface area contributed by atoms with Crippen LogP contribution in [-0.2, 0) is 17.8 Å². The Morgan fingerprint density at radius 1 is 1.08 bits per heavy atom. The Balaban J connectivity index is 1.44. The van der Waals surface area contributed by atoms with Crippen LogP contribution >= 0.6 is 0 Å². The summed E-state index contributed by atoms with van der Waals surface area (Å²) in [7, 11) is 0. The highest BCUT2D eigenvalue weighted by Crippen LogP contribution is 2.35. The van der Waals surface area contributed by atoms with Gasteiger partial charge in [0.1, 0.15) is 11.8 Å². The number of carbonyl (C=O) groups is 2. The molecule has 36 heavy (non-hydrogen) atoms. The van der Waals surface area contributed by atoms with E-state index in [0.29, 0.717) is 12.1 Å². The minimum Gasteiger partial charge on any atom is -0.490 e. The number of nitrogens with one attached hydrogen (secondary N) is 1. The number of amides is 1. The molecule has 9 heteroatoms. The van der Waals surface area contributed by atoms with Crippen molar-refractivity contribution in [1.29, 1.82) is 0 Å². The number of hydrogen-bond acceptors (Lipinski definition) is 6. The summed E-state index contributed by atoms with van der Waals surface area (Å²) in [6, 6.07) is 11.7. The summed E-state index contributed by atoms with van der Waals surface area (Å²) in [5, 5.41) is 11.6. The van der Waals surface area contributed by atoms with Gasteiger partial charge in [-0.2, -0.15) is 0 Å². The van der Waals surface area contributed by atoms with Crippen molar-refractivity contribution in [3.8, 4) is 5.75 Å². The fourth-order valence-corrected chi connectivity index (χ4v) is 4.45. The summed E-state index contributed by atoms with van der Waals surface area (Å²) >= 11 is 0. The molecule has 1 amide bonds. The second-order valence-corrected chi connectivity index (χ2v) is 9.47. The molecule has 2 fully saturated rings. The number of aliphatic imine (C=N–C) groups is 1. The zero-order chi connectivity index (χ0) is 25.5. The van der Waals surface area contributed by atoms with E-state index in [1.165, 1.54) is 12.8 Å². The molecule has 0 spiro atoms. The van der Waals surface area contributed by atoms with E-state index in [9.17, 15) is 9.59 Å². The van der Waals surface area contributed by atoms with Crippen LogP contribution in [-0.4, -0.2) is 48.2 Å². The maximum Gasteiger partial charge on any atom is 0.320 e. The van der Waals surface area contributed by atoms with Crippen LogP contribution in [0.25, 0.3) is 0 Å². The van der Waals surface area contributed by atoms with E-state index in [1.807, 2.05) is 12.1 Å². The number of carboxylic acid groups (broad SMARTS) is 1. The molecule has 192 valence electrons. The number of carboxylic acids is 1. The molecule has 2 aliphatic rings. The molecule has 1 atom stereocenters. The van der Waals surface area contributed by atoms with Gasteiger partial charge in [0.05, 0.1) is 12.6 Å². The van der Waals surface area contributed by atoms with Crippen LogP contribution < -0.4 is 26.4 Å². The second kappa shape index (κ2) is 11.9. The number of piperidine rings is 1. The molecule has 0 aromatic heterocycles. The molecule has 0 unspecified atom stereocenters. The van der Waals surface area contributed by atoms with E-state index in [-0.39, 0.29) is 24.4 Å². The lowest BCUT2D eigenvalue weighted by Gasteiger charge is -2.32. The number of ether oxygens (including phenoxy) is 1. The third-order valence-electron chi connectivity index (χ3n) is 6.79. The van der Waals surface area contributed by atoms with E-state index in [1.54, 1.807) is 24.3 Å². The first-order valence-corrected chi connectivity index (χ1v) is 12.6. The number of guanidine groups is 1. The monoisotopic (exact) mass is 493 g/mol. The maximum absolute atomic E-state index is 12.7. The van der Waals surface area contributed by atoms with Crippen molar-refractivity contribution in [2.24, 2.45) is 16.5 Å². The molecule has 1 aliphatic carbocycles. The predicted molar refractivity (Wildman–Crippen MR) is 139 cm³/mol. The minimum absolute atomic E-state index is 0.0278. The molecule has 1 aliphatic heterocycles. The summed E-state index contributed by atoms with van der Waals surface area (Å²) in [6.45, 7) is 2.30. The summed E-state index contributed by atoms with van der Waals surface area (Å²) < 4.78 is 6.28. The highest BCUT2D eigenvalue weighted by atomic mass is 16.5. The Hall–Kier alpha value is -3.59. The van der Waals surface area contributed by atoms with Gasteiger partial charge in [0.15, 0.2) is 5.96 Å². The van der Waals surface area contributed by atoms with E-state index in [4.69, 9.17) is 21.3 Å². The van der Waals surface area contributed by atoms with Gasteiger partial charge in [-0.25, -0.2) is 4.99 Å². The molecular formula is C27H35N5O4. The Morgan fingerprint density at radius 3 is 2.44 bits per heavy atom. The van der Waals surface area contributed by atoms with E-state index in [2.05, 4.69) is 21.3 Å². The quantitative estimate of drug-likeness (QED) is 0.311. The van der Waals surface area contributed by atoms with E-state index in [0.717, 1.165) is 61.3 Å². The number of nitrogens with two attached hydrogens (primary N) is 2. The Bertz CT molecular complexity index is 1090. The van der Waals surface area contributed by atoms with Crippen LogP contribution in [0.4, 0.5) is 5.69 Å². The van der Waals surface area contributed by atoms with Crippen LogP contribution in [0.3, 0.4) is 0 Å². The second-order valence-electron chi connectivity index (χ2n) is 9.47. The number of aliphatic carboxylic acids is 1. The van der Waals surface area contributed by atoms with Gasteiger partial charge in [0.2, 0.25) is 0 Å². The number of nitrogens with zero attached hydrogens (tertiary/aromatic N) is 2. The van der Waals surface area contributed by atoms with Gasteiger partial charge in [0, 0.05) is 29.9 Å². The first kappa shape index (κ1) is 25.5. The van der Waals surface area contributed by atoms with E-state index >= 15 is 0 Å². The summed E-state index contributed by atoms with van der Waals surface area (Å²) in [4.78, 5) is 30.5. The lowest BCUT2D eigenvalue weighted by Crippen LogP contribution is -2.37. The van der Waals surface area contributed by atoms with Crippen molar-refractivity contribution in [3.05, 3.63) is 59.2 Å². The van der Waals surface area contributed by atoms with Gasteiger partial charge in [-0.3, -0.25) is 14.9 Å². The fraction of sp³-hybridized carbons (Fsp3) is 0.444. The summed E-state index contributed by atoms with van der Waals surface area (Å²) in [5.41, 5.74) is 14.9. The summed E-state index contributed by atoms with van der Waals surface area (Å²) in [6.07, 6.45) is 7.32. The molecule has 0 radical (unpaired) electrons. The number of rotatable bonds is 9. The van der Waals surface area contributed by atoms with Crippen LogP contribution in [0.1, 0.15) is 60.0 Å². The van der Waals surface area contributed by atoms with Crippen molar-refractivity contribution < 1.29 is 19.4 Å². The smallest absolute Gasteiger partial charge is 0.320 e. The zero-order valence-electron chi connectivity index (χ0n) is 20.5. The average Bonchev–Trinajstić information content (AvgIpc) is 2.86. The van der Waals surface area contributed by atoms with Crippen molar-refractivity contribution in [3.63, 3.8) is 0 Å². The summed E-state index contributed by atoms with van der Waals surface area (Å²) in [5.74, 6) is -0.592. The maximum atomic E-state index is 12.7. The van der Waals surface area contributed by atoms with Crippen LogP contribution in [0.2, 0.25) is 0 Å². The molecule has 0 bridgehead atoms. The minimum atomic E-state index is -1.07. The standard InChI is InChI=1S/C27H35N5O4/c28-22(26(34)35)16-18-10-12-19(13-11-18)25(33)31-27(29)30-17-21-23(32-14-2-1-3-15-32)8-5-9-24(21)36-20-6-4-7-20/h5,8-13,20,22H,1-4,6-7,14-17,28H2,(H,34,35)(H3,29,30,31,33)/t22-/m0/s1. The zero-order valence-corrected chi connectivity index (χ0v) is 20.5. The first-order valence-electron chi connectivity index (χ1n) is 12.6. The average molecular weight is 494 g/mol. The number of benzene rings is 2. The Kier molecular flexibility index (Phi) is 8.43. The van der Waals surface area contributed by atoms with E-state index < -0.39 is 12.0 Å². The molecule has 1 heterocycles. The van der Waals surface area contributed by atoms with Gasteiger partial charge in [-0.15, -0.1) is 0 Å².